The van der Waals surface area contributed by atoms with E-state index in [1.54, 1.807) is 25.4 Å². The number of thiazole rings is 1. The minimum absolute atomic E-state index is 0.299. The van der Waals surface area contributed by atoms with Crippen molar-refractivity contribution in [2.24, 2.45) is 0 Å². The molecule has 0 fully saturated rings. The monoisotopic (exact) mass is 355 g/mol. The fraction of sp³-hybridized carbons (Fsp3) is 0.111. The highest BCUT2D eigenvalue weighted by molar-refractivity contribution is 7.11. The van der Waals surface area contributed by atoms with E-state index in [2.05, 4.69) is 15.6 Å². The molecule has 0 bridgehead atoms. The van der Waals surface area contributed by atoms with E-state index in [1.807, 2.05) is 41.8 Å². The van der Waals surface area contributed by atoms with Crippen molar-refractivity contribution in [1.82, 2.24) is 10.3 Å². The first kappa shape index (κ1) is 16.8. The number of nitrogens with zero attached hydrogens (tertiary/aromatic N) is 1. The fourth-order valence-corrected chi connectivity index (χ4v) is 2.64. The van der Waals surface area contributed by atoms with Gasteiger partial charge in [-0.1, -0.05) is 35.6 Å². The van der Waals surface area contributed by atoms with Gasteiger partial charge in [0.15, 0.2) is 0 Å². The van der Waals surface area contributed by atoms with Crippen LogP contribution in [0.25, 0.3) is 0 Å². The van der Waals surface area contributed by atoms with E-state index < -0.39 is 0 Å². The molecule has 0 aliphatic heterocycles. The highest BCUT2D eigenvalue weighted by atomic mass is 32.1. The predicted octanol–water partition coefficient (Wildman–Crippen LogP) is 4.27. The lowest BCUT2D eigenvalue weighted by molar-refractivity contribution is 0.251. The van der Waals surface area contributed by atoms with E-state index in [-0.39, 0.29) is 6.03 Å². The van der Waals surface area contributed by atoms with Gasteiger partial charge < -0.3 is 20.1 Å². The van der Waals surface area contributed by atoms with Crippen LogP contribution in [0.2, 0.25) is 0 Å². The lowest BCUT2D eigenvalue weighted by Gasteiger charge is -2.11. The third kappa shape index (κ3) is 4.71. The van der Waals surface area contributed by atoms with Crippen LogP contribution in [0.5, 0.6) is 16.7 Å². The number of carbonyl (C=O) groups is 1. The molecule has 6 nitrogen and oxygen atoms in total. The zero-order chi connectivity index (χ0) is 17.5. The number of hydrogen-bond donors (Lipinski definition) is 2. The smallest absolute Gasteiger partial charge is 0.319 e. The first-order valence-electron chi connectivity index (χ1n) is 7.59. The Morgan fingerprint density at radius 3 is 2.68 bits per heavy atom. The van der Waals surface area contributed by atoms with Gasteiger partial charge in [-0.25, -0.2) is 9.78 Å². The van der Waals surface area contributed by atoms with E-state index in [0.717, 1.165) is 5.56 Å². The molecule has 0 saturated heterocycles. The number of anilines is 1. The van der Waals surface area contributed by atoms with Crippen molar-refractivity contribution in [1.29, 1.82) is 0 Å². The molecule has 0 aliphatic carbocycles. The molecule has 0 unspecified atom stereocenters. The predicted molar refractivity (Wildman–Crippen MR) is 97.5 cm³/mol. The van der Waals surface area contributed by atoms with Crippen LogP contribution in [-0.2, 0) is 6.54 Å². The maximum absolute atomic E-state index is 12.0. The number of methoxy groups -OCH3 is 1. The standard InChI is InChI=1S/C18H17N3O3S/c1-23-16-5-3-2-4-15(16)21-17(22)20-12-13-6-8-14(9-7-13)24-18-19-10-11-25-18/h2-11H,12H2,1H3,(H2,20,21,22). The number of aromatic nitrogens is 1. The molecule has 128 valence electrons. The summed E-state index contributed by atoms with van der Waals surface area (Å²) < 4.78 is 10.8. The summed E-state index contributed by atoms with van der Waals surface area (Å²) >= 11 is 1.43. The van der Waals surface area contributed by atoms with E-state index >= 15 is 0 Å². The van der Waals surface area contributed by atoms with Crippen LogP contribution in [0.3, 0.4) is 0 Å². The third-order valence-corrected chi connectivity index (χ3v) is 3.99. The second kappa shape index (κ2) is 8.16. The van der Waals surface area contributed by atoms with Gasteiger partial charge in [0.1, 0.15) is 11.5 Å². The number of nitrogens with one attached hydrogen (secondary N) is 2. The Kier molecular flexibility index (Phi) is 5.48. The third-order valence-electron chi connectivity index (χ3n) is 3.35. The molecule has 25 heavy (non-hydrogen) atoms. The summed E-state index contributed by atoms with van der Waals surface area (Å²) in [6.45, 7) is 0.401. The number of rotatable bonds is 6. The fourth-order valence-electron chi connectivity index (χ4n) is 2.13. The van der Waals surface area contributed by atoms with Gasteiger partial charge in [-0.3, -0.25) is 0 Å². The Morgan fingerprint density at radius 1 is 1.16 bits per heavy atom. The first-order chi connectivity index (χ1) is 12.2. The van der Waals surface area contributed by atoms with Gasteiger partial charge in [-0.2, -0.15) is 0 Å². The summed E-state index contributed by atoms with van der Waals surface area (Å²) in [5.74, 6) is 1.32. The zero-order valence-corrected chi connectivity index (χ0v) is 14.4. The molecule has 1 heterocycles. The molecular weight excluding hydrogens is 338 g/mol. The summed E-state index contributed by atoms with van der Waals surface area (Å²) in [4.78, 5) is 16.1. The number of ether oxygens (including phenoxy) is 2. The SMILES string of the molecule is COc1ccccc1NC(=O)NCc1ccc(Oc2nccs2)cc1. The molecule has 3 rings (SSSR count). The van der Waals surface area contributed by atoms with Crippen LogP contribution in [0.15, 0.2) is 60.1 Å². The molecule has 0 aliphatic rings. The number of amides is 2. The number of benzene rings is 2. The van der Waals surface area contributed by atoms with Crippen molar-refractivity contribution in [3.8, 4) is 16.7 Å². The average Bonchev–Trinajstić information content (AvgIpc) is 3.15. The van der Waals surface area contributed by atoms with Crippen LogP contribution < -0.4 is 20.1 Å². The highest BCUT2D eigenvalue weighted by Crippen LogP contribution is 2.24. The quantitative estimate of drug-likeness (QED) is 0.693. The second-order valence-corrected chi connectivity index (χ2v) is 5.91. The van der Waals surface area contributed by atoms with E-state index in [1.165, 1.54) is 11.3 Å². The van der Waals surface area contributed by atoms with Gasteiger partial charge in [-0.15, -0.1) is 0 Å². The Balaban J connectivity index is 1.52. The molecule has 1 aromatic heterocycles. The van der Waals surface area contributed by atoms with Crippen molar-refractivity contribution in [3.05, 3.63) is 65.7 Å². The first-order valence-corrected chi connectivity index (χ1v) is 8.47. The number of para-hydroxylation sites is 2. The summed E-state index contributed by atoms with van der Waals surface area (Å²) in [6.07, 6.45) is 1.69. The van der Waals surface area contributed by atoms with Gasteiger partial charge in [-0.05, 0) is 29.8 Å². The Morgan fingerprint density at radius 2 is 1.96 bits per heavy atom. The van der Waals surface area contributed by atoms with Crippen LogP contribution in [0.1, 0.15) is 5.56 Å². The van der Waals surface area contributed by atoms with E-state index in [0.29, 0.717) is 28.9 Å². The van der Waals surface area contributed by atoms with Crippen molar-refractivity contribution in [2.45, 2.75) is 6.54 Å². The number of hydrogen-bond acceptors (Lipinski definition) is 5. The minimum Gasteiger partial charge on any atom is -0.495 e. The van der Waals surface area contributed by atoms with Crippen LogP contribution >= 0.6 is 11.3 Å². The Bertz CT molecular complexity index is 820. The van der Waals surface area contributed by atoms with Gasteiger partial charge in [0.2, 0.25) is 0 Å². The molecule has 0 atom stereocenters. The highest BCUT2D eigenvalue weighted by Gasteiger charge is 2.06. The van der Waals surface area contributed by atoms with Crippen molar-refractivity contribution in [2.75, 3.05) is 12.4 Å². The zero-order valence-electron chi connectivity index (χ0n) is 13.6. The van der Waals surface area contributed by atoms with Gasteiger partial charge in [0.25, 0.3) is 5.19 Å². The van der Waals surface area contributed by atoms with E-state index in [9.17, 15) is 4.79 Å². The molecule has 3 aromatic rings. The minimum atomic E-state index is -0.299. The van der Waals surface area contributed by atoms with Crippen LogP contribution in [-0.4, -0.2) is 18.1 Å². The average molecular weight is 355 g/mol. The summed E-state index contributed by atoms with van der Waals surface area (Å²) in [6, 6.07) is 14.4. The molecule has 7 heteroatoms. The topological polar surface area (TPSA) is 72.5 Å². The molecular formula is C18H17N3O3S. The maximum atomic E-state index is 12.0. The van der Waals surface area contributed by atoms with Gasteiger partial charge in [0.05, 0.1) is 12.8 Å². The normalized spacial score (nSPS) is 10.1. The van der Waals surface area contributed by atoms with Gasteiger partial charge in [0, 0.05) is 18.1 Å². The molecule has 0 radical (unpaired) electrons. The van der Waals surface area contributed by atoms with Crippen molar-refractivity contribution in [3.63, 3.8) is 0 Å². The molecule has 0 spiro atoms. The Labute approximate surface area is 149 Å². The number of carbonyl (C=O) groups excluding carboxylic acids is 1. The van der Waals surface area contributed by atoms with Crippen molar-refractivity contribution < 1.29 is 14.3 Å². The molecule has 2 amide bonds. The summed E-state index contributed by atoms with van der Waals surface area (Å²) in [7, 11) is 1.56. The van der Waals surface area contributed by atoms with Crippen molar-refractivity contribution >= 4 is 23.1 Å². The van der Waals surface area contributed by atoms with Gasteiger partial charge >= 0.3 is 6.03 Å². The van der Waals surface area contributed by atoms with E-state index in [4.69, 9.17) is 9.47 Å². The lowest BCUT2D eigenvalue weighted by atomic mass is 10.2. The summed E-state index contributed by atoms with van der Waals surface area (Å²) in [5, 5.41) is 8.03. The van der Waals surface area contributed by atoms with Crippen LogP contribution in [0.4, 0.5) is 10.5 Å². The maximum Gasteiger partial charge on any atom is 0.319 e. The summed E-state index contributed by atoms with van der Waals surface area (Å²) in [5.41, 5.74) is 1.58. The second-order valence-electron chi connectivity index (χ2n) is 5.05. The number of urea groups is 1. The molecule has 0 saturated carbocycles. The largest absolute Gasteiger partial charge is 0.495 e. The molecule has 2 aromatic carbocycles. The Hall–Kier alpha value is -3.06. The lowest BCUT2D eigenvalue weighted by Crippen LogP contribution is -2.28. The molecule has 2 N–H and O–H groups in total. The van der Waals surface area contributed by atoms with Crippen LogP contribution in [0, 0.1) is 0 Å².